The van der Waals surface area contributed by atoms with E-state index in [9.17, 15) is 9.90 Å². The van der Waals surface area contributed by atoms with Crippen LogP contribution in [-0.4, -0.2) is 22.8 Å². The van der Waals surface area contributed by atoms with E-state index < -0.39 is 5.97 Å². The first-order valence-electron chi connectivity index (χ1n) is 10.4. The molecule has 0 spiro atoms. The third-order valence-electron chi connectivity index (χ3n) is 4.94. The van der Waals surface area contributed by atoms with Crippen molar-refractivity contribution in [3.63, 3.8) is 0 Å². The highest BCUT2D eigenvalue weighted by Crippen LogP contribution is 2.45. The van der Waals surface area contributed by atoms with Crippen LogP contribution in [0.1, 0.15) is 71.6 Å². The van der Waals surface area contributed by atoms with E-state index in [1.807, 2.05) is 6.07 Å². The Morgan fingerprint density at radius 2 is 1.67 bits per heavy atom. The molecule has 0 fully saturated rings. The summed E-state index contributed by atoms with van der Waals surface area (Å²) >= 11 is 0. The van der Waals surface area contributed by atoms with Gasteiger partial charge in [0.25, 0.3) is 0 Å². The number of carboxylic acid groups (broad SMARTS) is 1. The number of rotatable bonds is 6. The van der Waals surface area contributed by atoms with Gasteiger partial charge in [-0.1, -0.05) is 60.6 Å². The number of aliphatic carboxylic acids is 1. The monoisotopic (exact) mass is 410 g/mol. The molecule has 0 saturated heterocycles. The van der Waals surface area contributed by atoms with E-state index in [1.54, 1.807) is 12.1 Å². The van der Waals surface area contributed by atoms with Crippen molar-refractivity contribution < 1.29 is 19.7 Å². The summed E-state index contributed by atoms with van der Waals surface area (Å²) in [5.41, 5.74) is 4.14. The van der Waals surface area contributed by atoms with Gasteiger partial charge in [-0.25, -0.2) is 4.79 Å². The molecule has 0 aliphatic carbocycles. The topological polar surface area (TPSA) is 66.8 Å². The fourth-order valence-corrected chi connectivity index (χ4v) is 3.22. The second kappa shape index (κ2) is 8.95. The number of aromatic hydroxyl groups is 1. The van der Waals surface area contributed by atoms with E-state index in [-0.39, 0.29) is 16.6 Å². The summed E-state index contributed by atoms with van der Waals surface area (Å²) in [7, 11) is 0. The molecule has 30 heavy (non-hydrogen) atoms. The van der Waals surface area contributed by atoms with Gasteiger partial charge in [-0.3, -0.25) is 0 Å². The maximum Gasteiger partial charge on any atom is 0.328 e. The normalized spacial score (nSPS) is 12.4. The largest absolute Gasteiger partial charge is 0.507 e. The van der Waals surface area contributed by atoms with E-state index >= 15 is 0 Å². The molecule has 4 heteroatoms. The maximum atomic E-state index is 10.9. The van der Waals surface area contributed by atoms with Crippen LogP contribution in [0.4, 0.5) is 0 Å². The van der Waals surface area contributed by atoms with Crippen molar-refractivity contribution >= 4 is 12.0 Å². The van der Waals surface area contributed by atoms with E-state index in [2.05, 4.69) is 60.6 Å². The van der Waals surface area contributed by atoms with Crippen molar-refractivity contribution in [2.75, 3.05) is 6.61 Å². The van der Waals surface area contributed by atoms with Gasteiger partial charge in [-0.15, -0.1) is 0 Å². The molecule has 0 atom stereocenters. The van der Waals surface area contributed by atoms with Gasteiger partial charge in [-0.2, -0.15) is 0 Å². The van der Waals surface area contributed by atoms with Gasteiger partial charge in [0.05, 0.1) is 6.61 Å². The molecule has 0 unspecified atom stereocenters. The molecular weight excluding hydrogens is 376 g/mol. The van der Waals surface area contributed by atoms with Crippen LogP contribution >= 0.6 is 0 Å². The van der Waals surface area contributed by atoms with Gasteiger partial charge >= 0.3 is 5.97 Å². The number of carboxylic acids is 1. The molecule has 2 aromatic carbocycles. The molecule has 0 radical (unpaired) electrons. The average Bonchev–Trinajstić information content (AvgIpc) is 2.63. The molecule has 4 nitrogen and oxygen atoms in total. The Hall–Kier alpha value is -2.75. The second-order valence-electron chi connectivity index (χ2n) is 9.70. The Balaban J connectivity index is 2.85. The minimum atomic E-state index is -1.01. The van der Waals surface area contributed by atoms with Gasteiger partial charge in [0.1, 0.15) is 11.5 Å². The van der Waals surface area contributed by atoms with Crippen LogP contribution in [-0.2, 0) is 15.6 Å². The number of phenols is 1. The molecular formula is C26H34O4. The van der Waals surface area contributed by atoms with Gasteiger partial charge in [-0.05, 0) is 52.7 Å². The smallest absolute Gasteiger partial charge is 0.328 e. The number of hydrogen-bond acceptors (Lipinski definition) is 3. The van der Waals surface area contributed by atoms with Crippen molar-refractivity contribution in [1.82, 2.24) is 0 Å². The van der Waals surface area contributed by atoms with Crippen molar-refractivity contribution in [2.45, 2.75) is 65.7 Å². The van der Waals surface area contributed by atoms with Crippen molar-refractivity contribution in [2.24, 2.45) is 0 Å². The first kappa shape index (κ1) is 23.5. The number of benzene rings is 2. The summed E-state index contributed by atoms with van der Waals surface area (Å²) in [4.78, 5) is 10.9. The number of ether oxygens (including phenoxy) is 1. The standard InChI is InChI=1S/C26H34O4/c1-8-13-30-24-20(15-18(25(2,3)4)16-21(24)26(5,6)7)19-14-17(9-11-22(19)27)10-12-23(28)29/h9-12,14-16,27H,8,13H2,1-7H3,(H,28,29)/b12-10+. The van der Waals surface area contributed by atoms with E-state index in [1.165, 1.54) is 6.08 Å². The van der Waals surface area contributed by atoms with Gasteiger partial charge in [0.2, 0.25) is 0 Å². The Morgan fingerprint density at radius 3 is 2.20 bits per heavy atom. The van der Waals surface area contributed by atoms with Crippen LogP contribution in [0, 0.1) is 0 Å². The average molecular weight is 411 g/mol. The summed E-state index contributed by atoms with van der Waals surface area (Å²) in [5, 5.41) is 19.7. The fourth-order valence-electron chi connectivity index (χ4n) is 3.22. The first-order valence-corrected chi connectivity index (χ1v) is 10.4. The summed E-state index contributed by atoms with van der Waals surface area (Å²) in [6.07, 6.45) is 3.49. The van der Waals surface area contributed by atoms with Gasteiger partial charge in [0.15, 0.2) is 0 Å². The lowest BCUT2D eigenvalue weighted by Gasteiger charge is -2.29. The fraction of sp³-hybridized carbons (Fsp3) is 0.423. The zero-order valence-electron chi connectivity index (χ0n) is 19.2. The number of phenolic OH excluding ortho intramolecular Hbond substituents is 1. The molecule has 162 valence electrons. The molecule has 0 aliphatic heterocycles. The SMILES string of the molecule is CCCOc1c(-c2cc(/C=C/C(=O)O)ccc2O)cc(C(C)(C)C)cc1C(C)(C)C. The molecule has 0 heterocycles. The predicted octanol–water partition coefficient (Wildman–Crippen LogP) is 6.54. The zero-order valence-corrected chi connectivity index (χ0v) is 19.2. The Morgan fingerprint density at radius 1 is 1.00 bits per heavy atom. The number of hydrogen-bond donors (Lipinski definition) is 2. The lowest BCUT2D eigenvalue weighted by Crippen LogP contribution is -2.18. The summed E-state index contributed by atoms with van der Waals surface area (Å²) in [5.74, 6) is -0.108. The quantitative estimate of drug-likeness (QED) is 0.531. The van der Waals surface area contributed by atoms with Crippen molar-refractivity contribution in [1.29, 1.82) is 0 Å². The third kappa shape index (κ3) is 5.65. The lowest BCUT2D eigenvalue weighted by atomic mass is 9.78. The predicted molar refractivity (Wildman–Crippen MR) is 123 cm³/mol. The van der Waals surface area contributed by atoms with Crippen LogP contribution in [0.2, 0.25) is 0 Å². The third-order valence-corrected chi connectivity index (χ3v) is 4.94. The zero-order chi connectivity index (χ0) is 22.7. The van der Waals surface area contributed by atoms with Crippen LogP contribution in [0.15, 0.2) is 36.4 Å². The summed E-state index contributed by atoms with van der Waals surface area (Å²) in [6.45, 7) is 15.6. The van der Waals surface area contributed by atoms with Crippen LogP contribution in [0.3, 0.4) is 0 Å². The first-order chi connectivity index (χ1) is 13.8. The van der Waals surface area contributed by atoms with Crippen molar-refractivity contribution in [3.8, 4) is 22.6 Å². The lowest BCUT2D eigenvalue weighted by molar-refractivity contribution is -0.131. The Labute approximate surface area is 180 Å². The van der Waals surface area contributed by atoms with Gasteiger partial charge < -0.3 is 14.9 Å². The van der Waals surface area contributed by atoms with E-state index in [0.717, 1.165) is 34.9 Å². The Bertz CT molecular complexity index is 941. The minimum absolute atomic E-state index is 0.0888. The highest BCUT2D eigenvalue weighted by atomic mass is 16.5. The summed E-state index contributed by atoms with van der Waals surface area (Å²) in [6, 6.07) is 9.39. The van der Waals surface area contributed by atoms with E-state index in [4.69, 9.17) is 9.84 Å². The highest BCUT2D eigenvalue weighted by Gasteiger charge is 2.27. The second-order valence-corrected chi connectivity index (χ2v) is 9.70. The molecule has 2 rings (SSSR count). The van der Waals surface area contributed by atoms with Crippen LogP contribution < -0.4 is 4.74 Å². The number of carbonyl (C=O) groups is 1. The molecule has 0 bridgehead atoms. The summed E-state index contributed by atoms with van der Waals surface area (Å²) < 4.78 is 6.24. The van der Waals surface area contributed by atoms with Crippen LogP contribution in [0.5, 0.6) is 11.5 Å². The molecule has 0 saturated carbocycles. The molecule has 2 N–H and O–H groups in total. The highest BCUT2D eigenvalue weighted by molar-refractivity contribution is 5.86. The van der Waals surface area contributed by atoms with E-state index in [0.29, 0.717) is 17.7 Å². The maximum absolute atomic E-state index is 10.9. The minimum Gasteiger partial charge on any atom is -0.507 e. The van der Waals surface area contributed by atoms with Gasteiger partial charge in [0, 0.05) is 22.8 Å². The molecule has 0 aliphatic rings. The van der Waals surface area contributed by atoms with Crippen molar-refractivity contribution in [3.05, 3.63) is 53.1 Å². The Kier molecular flexibility index (Phi) is 7.02. The molecule has 0 amide bonds. The van der Waals surface area contributed by atoms with Crippen LogP contribution in [0.25, 0.3) is 17.2 Å². The molecule has 2 aromatic rings. The molecule has 0 aromatic heterocycles.